The number of allylic oxidation sites excluding steroid dienone is 1. The molecule has 24 heavy (non-hydrogen) atoms. The van der Waals surface area contributed by atoms with Gasteiger partial charge in [-0.3, -0.25) is 9.78 Å². The normalized spacial score (nSPS) is 14.3. The number of hydrogen-bond donors (Lipinski definition) is 1. The van der Waals surface area contributed by atoms with Crippen molar-refractivity contribution in [3.63, 3.8) is 0 Å². The van der Waals surface area contributed by atoms with Crippen LogP contribution >= 0.6 is 11.3 Å². The highest BCUT2D eigenvalue weighted by atomic mass is 32.1. The first kappa shape index (κ1) is 16.8. The average molecular weight is 341 g/mol. The first-order valence-electron chi connectivity index (χ1n) is 8.54. The van der Waals surface area contributed by atoms with Gasteiger partial charge in [0.1, 0.15) is 5.01 Å². The van der Waals surface area contributed by atoms with Gasteiger partial charge in [0.25, 0.3) is 0 Å². The molecule has 1 aliphatic rings. The van der Waals surface area contributed by atoms with Crippen molar-refractivity contribution in [2.75, 3.05) is 6.54 Å². The number of thiazole rings is 1. The van der Waals surface area contributed by atoms with Crippen LogP contribution in [-0.4, -0.2) is 22.4 Å². The fourth-order valence-corrected chi connectivity index (χ4v) is 3.93. The highest BCUT2D eigenvalue weighted by molar-refractivity contribution is 7.15. The summed E-state index contributed by atoms with van der Waals surface area (Å²) in [6.07, 6.45) is 10.5. The van der Waals surface area contributed by atoms with Crippen LogP contribution in [0.2, 0.25) is 0 Å². The van der Waals surface area contributed by atoms with E-state index in [-0.39, 0.29) is 5.91 Å². The largest absolute Gasteiger partial charge is 0.355 e. The number of hydrogen-bond acceptors (Lipinski definition) is 4. The molecular formula is C19H23N3OS. The summed E-state index contributed by atoms with van der Waals surface area (Å²) in [6.45, 7) is 2.69. The number of rotatable bonds is 6. The van der Waals surface area contributed by atoms with Crippen LogP contribution in [0.5, 0.6) is 0 Å². The topological polar surface area (TPSA) is 54.9 Å². The first-order valence-corrected chi connectivity index (χ1v) is 9.36. The average Bonchev–Trinajstić information content (AvgIpc) is 2.97. The number of nitrogens with zero attached hydrogens (tertiary/aromatic N) is 2. The SMILES string of the molecule is Cc1nc(-c2ccccn2)sc1CC(=O)NCCC1=CCCCC1. The zero-order valence-corrected chi connectivity index (χ0v) is 14.9. The summed E-state index contributed by atoms with van der Waals surface area (Å²) in [5, 5.41) is 3.92. The Balaban J connectivity index is 1.53. The van der Waals surface area contributed by atoms with Crippen LogP contribution in [0.3, 0.4) is 0 Å². The highest BCUT2D eigenvalue weighted by Crippen LogP contribution is 2.26. The molecule has 0 aromatic carbocycles. The molecule has 1 aliphatic carbocycles. The molecule has 0 unspecified atom stereocenters. The Morgan fingerprint density at radius 1 is 1.33 bits per heavy atom. The molecule has 2 heterocycles. The predicted octanol–water partition coefficient (Wildman–Crippen LogP) is 4.06. The van der Waals surface area contributed by atoms with Crippen molar-refractivity contribution < 1.29 is 4.79 Å². The number of nitrogens with one attached hydrogen (secondary N) is 1. The van der Waals surface area contributed by atoms with Crippen molar-refractivity contribution in [2.45, 2.75) is 45.4 Å². The minimum atomic E-state index is 0.0748. The molecular weight excluding hydrogens is 318 g/mol. The number of amides is 1. The van der Waals surface area contributed by atoms with Crippen molar-refractivity contribution in [1.29, 1.82) is 0 Å². The maximum atomic E-state index is 12.2. The summed E-state index contributed by atoms with van der Waals surface area (Å²) in [6, 6.07) is 5.78. The minimum absolute atomic E-state index is 0.0748. The Bertz CT molecular complexity index is 721. The van der Waals surface area contributed by atoms with Gasteiger partial charge >= 0.3 is 0 Å². The molecule has 126 valence electrons. The predicted molar refractivity (Wildman–Crippen MR) is 98.0 cm³/mol. The number of aryl methyl sites for hydroxylation is 1. The summed E-state index contributed by atoms with van der Waals surface area (Å²) in [7, 11) is 0. The molecule has 3 rings (SSSR count). The molecule has 0 fully saturated rings. The molecule has 2 aromatic heterocycles. The van der Waals surface area contributed by atoms with E-state index in [1.807, 2.05) is 25.1 Å². The van der Waals surface area contributed by atoms with Crippen LogP contribution in [0.4, 0.5) is 0 Å². The van der Waals surface area contributed by atoms with E-state index in [0.717, 1.165) is 34.2 Å². The van der Waals surface area contributed by atoms with Crippen molar-refractivity contribution in [1.82, 2.24) is 15.3 Å². The first-order chi connectivity index (χ1) is 11.7. The maximum absolute atomic E-state index is 12.2. The second-order valence-electron chi connectivity index (χ2n) is 6.13. The van der Waals surface area contributed by atoms with E-state index >= 15 is 0 Å². The lowest BCUT2D eigenvalue weighted by Crippen LogP contribution is -2.26. The van der Waals surface area contributed by atoms with Gasteiger partial charge in [0.15, 0.2) is 0 Å². The zero-order chi connectivity index (χ0) is 16.8. The molecule has 0 saturated heterocycles. The van der Waals surface area contributed by atoms with Gasteiger partial charge < -0.3 is 5.32 Å². The summed E-state index contributed by atoms with van der Waals surface area (Å²) < 4.78 is 0. The third-order valence-corrected chi connectivity index (χ3v) is 5.43. The van der Waals surface area contributed by atoms with Crippen LogP contribution in [0.25, 0.3) is 10.7 Å². The molecule has 0 bridgehead atoms. The Morgan fingerprint density at radius 3 is 3.00 bits per heavy atom. The standard InChI is InChI=1S/C19H23N3OS/c1-14-17(24-19(22-14)16-9-5-6-11-20-16)13-18(23)21-12-10-15-7-3-2-4-8-15/h5-7,9,11H,2-4,8,10,12-13H2,1H3,(H,21,23). The Kier molecular flexibility index (Phi) is 5.75. The molecule has 0 aliphatic heterocycles. The molecule has 0 radical (unpaired) electrons. The molecule has 0 atom stereocenters. The number of pyridine rings is 1. The quantitative estimate of drug-likeness (QED) is 0.806. The van der Waals surface area contributed by atoms with E-state index in [0.29, 0.717) is 6.42 Å². The van der Waals surface area contributed by atoms with Gasteiger partial charge in [0.05, 0.1) is 17.8 Å². The van der Waals surface area contributed by atoms with Crippen LogP contribution in [0.1, 0.15) is 42.7 Å². The van der Waals surface area contributed by atoms with Gasteiger partial charge in [0, 0.05) is 17.6 Å². The Hall–Kier alpha value is -2.01. The molecule has 0 spiro atoms. The molecule has 1 N–H and O–H groups in total. The summed E-state index contributed by atoms with van der Waals surface area (Å²) in [5.74, 6) is 0.0748. The van der Waals surface area contributed by atoms with Gasteiger partial charge in [-0.05, 0) is 51.2 Å². The summed E-state index contributed by atoms with van der Waals surface area (Å²) in [5.41, 5.74) is 3.28. The molecule has 0 saturated carbocycles. The number of carbonyl (C=O) groups is 1. The van der Waals surface area contributed by atoms with Gasteiger partial charge in [-0.15, -0.1) is 11.3 Å². The van der Waals surface area contributed by atoms with Gasteiger partial charge in [-0.1, -0.05) is 17.7 Å². The fourth-order valence-electron chi connectivity index (χ4n) is 2.89. The third-order valence-electron chi connectivity index (χ3n) is 4.25. The van der Waals surface area contributed by atoms with E-state index in [1.165, 1.54) is 31.3 Å². The minimum Gasteiger partial charge on any atom is -0.355 e. The van der Waals surface area contributed by atoms with Crippen molar-refractivity contribution >= 4 is 17.2 Å². The summed E-state index contributed by atoms with van der Waals surface area (Å²) in [4.78, 5) is 22.1. The van der Waals surface area contributed by atoms with Crippen LogP contribution in [0.15, 0.2) is 36.0 Å². The molecule has 5 heteroatoms. The fraction of sp³-hybridized carbons (Fsp3) is 0.421. The molecule has 2 aromatic rings. The highest BCUT2D eigenvalue weighted by Gasteiger charge is 2.13. The monoisotopic (exact) mass is 341 g/mol. The van der Waals surface area contributed by atoms with Crippen molar-refractivity contribution in [2.24, 2.45) is 0 Å². The Labute approximate surface area is 147 Å². The summed E-state index contributed by atoms with van der Waals surface area (Å²) >= 11 is 1.56. The van der Waals surface area contributed by atoms with Crippen molar-refractivity contribution in [3.05, 3.63) is 46.6 Å². The van der Waals surface area contributed by atoms with E-state index < -0.39 is 0 Å². The lowest BCUT2D eigenvalue weighted by atomic mass is 9.97. The number of carbonyl (C=O) groups excluding carboxylic acids is 1. The van der Waals surface area contributed by atoms with E-state index in [2.05, 4.69) is 21.4 Å². The Morgan fingerprint density at radius 2 is 2.25 bits per heavy atom. The third kappa shape index (κ3) is 4.51. The van der Waals surface area contributed by atoms with Crippen LogP contribution in [-0.2, 0) is 11.2 Å². The van der Waals surface area contributed by atoms with E-state index in [4.69, 9.17) is 0 Å². The lowest BCUT2D eigenvalue weighted by Gasteiger charge is -2.12. The van der Waals surface area contributed by atoms with Crippen molar-refractivity contribution in [3.8, 4) is 10.7 Å². The lowest BCUT2D eigenvalue weighted by molar-refractivity contribution is -0.120. The second kappa shape index (κ2) is 8.20. The van der Waals surface area contributed by atoms with Crippen LogP contribution < -0.4 is 5.32 Å². The van der Waals surface area contributed by atoms with Crippen LogP contribution in [0, 0.1) is 6.92 Å². The zero-order valence-electron chi connectivity index (χ0n) is 14.0. The molecule has 4 nitrogen and oxygen atoms in total. The maximum Gasteiger partial charge on any atom is 0.225 e. The van der Waals surface area contributed by atoms with Gasteiger partial charge in [-0.25, -0.2) is 4.98 Å². The van der Waals surface area contributed by atoms with Gasteiger partial charge in [0.2, 0.25) is 5.91 Å². The number of aromatic nitrogens is 2. The molecule has 1 amide bonds. The smallest absolute Gasteiger partial charge is 0.225 e. The second-order valence-corrected chi connectivity index (χ2v) is 7.21. The van der Waals surface area contributed by atoms with Gasteiger partial charge in [-0.2, -0.15) is 0 Å². The van der Waals surface area contributed by atoms with E-state index in [9.17, 15) is 4.79 Å². The van der Waals surface area contributed by atoms with E-state index in [1.54, 1.807) is 17.5 Å².